The van der Waals surface area contributed by atoms with Gasteiger partial charge in [-0.25, -0.2) is 0 Å². The number of carbonyl (C=O) groups is 1. The fourth-order valence-electron chi connectivity index (χ4n) is 1.70. The zero-order valence-corrected chi connectivity index (χ0v) is 11.5. The average Bonchev–Trinajstić information content (AvgIpc) is 2.41. The van der Waals surface area contributed by atoms with E-state index in [1.54, 1.807) is 12.1 Å². The van der Waals surface area contributed by atoms with Crippen molar-refractivity contribution in [1.29, 1.82) is 0 Å². The minimum absolute atomic E-state index is 0. The van der Waals surface area contributed by atoms with Gasteiger partial charge in [0.2, 0.25) is 0 Å². The summed E-state index contributed by atoms with van der Waals surface area (Å²) in [5, 5.41) is 2.89. The molecule has 0 aliphatic rings. The molecule has 100 valence electrons. The van der Waals surface area contributed by atoms with Crippen LogP contribution in [0.1, 0.15) is 21.5 Å². The van der Waals surface area contributed by atoms with Gasteiger partial charge in [-0.15, -0.1) is 12.4 Å². The van der Waals surface area contributed by atoms with Gasteiger partial charge in [-0.1, -0.05) is 30.3 Å². The molecule has 0 aliphatic carbocycles. The van der Waals surface area contributed by atoms with Crippen LogP contribution in [0.4, 0.5) is 5.69 Å². The highest BCUT2D eigenvalue weighted by molar-refractivity contribution is 6.04. The highest BCUT2D eigenvalue weighted by atomic mass is 35.5. The molecular weight excluding hydrogens is 260 g/mol. The van der Waals surface area contributed by atoms with Crippen molar-refractivity contribution in [3.8, 4) is 0 Å². The van der Waals surface area contributed by atoms with Crippen molar-refractivity contribution in [2.24, 2.45) is 5.73 Å². The quantitative estimate of drug-likeness (QED) is 0.905. The number of para-hydroxylation sites is 1. The summed E-state index contributed by atoms with van der Waals surface area (Å²) in [5.41, 5.74) is 9.05. The van der Waals surface area contributed by atoms with E-state index in [0.717, 1.165) is 16.8 Å². The van der Waals surface area contributed by atoms with Crippen molar-refractivity contribution in [3.63, 3.8) is 0 Å². The molecule has 0 saturated heterocycles. The zero-order chi connectivity index (χ0) is 13.0. The van der Waals surface area contributed by atoms with E-state index in [4.69, 9.17) is 5.73 Å². The summed E-state index contributed by atoms with van der Waals surface area (Å²) in [4.78, 5) is 12.0. The molecule has 3 N–H and O–H groups in total. The van der Waals surface area contributed by atoms with E-state index in [9.17, 15) is 4.79 Å². The molecule has 0 bridgehead atoms. The van der Waals surface area contributed by atoms with Crippen LogP contribution >= 0.6 is 12.4 Å². The molecular formula is C15H17ClN2O. The summed E-state index contributed by atoms with van der Waals surface area (Å²) in [6.07, 6.45) is 0. The Morgan fingerprint density at radius 3 is 2.32 bits per heavy atom. The van der Waals surface area contributed by atoms with Crippen molar-refractivity contribution >= 4 is 24.0 Å². The van der Waals surface area contributed by atoms with Gasteiger partial charge in [0.05, 0.1) is 0 Å². The molecule has 19 heavy (non-hydrogen) atoms. The molecule has 1 amide bonds. The van der Waals surface area contributed by atoms with Crippen molar-refractivity contribution in [2.45, 2.75) is 13.5 Å². The van der Waals surface area contributed by atoms with Crippen LogP contribution in [-0.2, 0) is 6.54 Å². The predicted octanol–water partition coefficient (Wildman–Crippen LogP) is 3.13. The third kappa shape index (κ3) is 3.81. The van der Waals surface area contributed by atoms with Crippen LogP contribution in [0.2, 0.25) is 0 Å². The van der Waals surface area contributed by atoms with Crippen molar-refractivity contribution < 1.29 is 4.79 Å². The summed E-state index contributed by atoms with van der Waals surface area (Å²) in [5.74, 6) is -0.104. The first-order chi connectivity index (χ1) is 8.70. The maximum Gasteiger partial charge on any atom is 0.255 e. The lowest BCUT2D eigenvalue weighted by Gasteiger charge is -2.08. The fourth-order valence-corrected chi connectivity index (χ4v) is 1.70. The Balaban J connectivity index is 0.00000180. The van der Waals surface area contributed by atoms with E-state index in [2.05, 4.69) is 5.32 Å². The van der Waals surface area contributed by atoms with E-state index >= 15 is 0 Å². The van der Waals surface area contributed by atoms with Gasteiger partial charge in [-0.3, -0.25) is 4.79 Å². The lowest BCUT2D eigenvalue weighted by Crippen LogP contribution is -2.12. The maximum absolute atomic E-state index is 12.0. The van der Waals surface area contributed by atoms with Gasteiger partial charge in [-0.05, 0) is 36.2 Å². The molecule has 0 atom stereocenters. The second-order valence-corrected chi connectivity index (χ2v) is 4.17. The van der Waals surface area contributed by atoms with Gasteiger partial charge in [0.1, 0.15) is 0 Å². The van der Waals surface area contributed by atoms with Gasteiger partial charge in [0.25, 0.3) is 5.91 Å². The summed E-state index contributed by atoms with van der Waals surface area (Å²) in [7, 11) is 0. The van der Waals surface area contributed by atoms with Crippen molar-refractivity contribution in [3.05, 3.63) is 65.2 Å². The Hall–Kier alpha value is -1.84. The number of rotatable bonds is 3. The third-order valence-corrected chi connectivity index (χ3v) is 2.85. The van der Waals surface area contributed by atoms with Crippen molar-refractivity contribution in [2.75, 3.05) is 5.32 Å². The molecule has 4 heteroatoms. The smallest absolute Gasteiger partial charge is 0.255 e. The Morgan fingerprint density at radius 1 is 1.11 bits per heavy atom. The topological polar surface area (TPSA) is 55.1 Å². The predicted molar refractivity (Wildman–Crippen MR) is 80.7 cm³/mol. The normalized spacial score (nSPS) is 9.58. The lowest BCUT2D eigenvalue weighted by atomic mass is 10.1. The summed E-state index contributed by atoms with van der Waals surface area (Å²) < 4.78 is 0. The maximum atomic E-state index is 12.0. The van der Waals surface area contributed by atoms with Gasteiger partial charge in [0.15, 0.2) is 0 Å². The molecule has 0 radical (unpaired) electrons. The standard InChI is InChI=1S/C15H16N2O.ClH/c1-11-4-2-3-5-14(11)17-15(18)13-8-6-12(10-16)7-9-13;/h2-9H,10,16H2,1H3,(H,17,18);1H. The Bertz CT molecular complexity index is 552. The molecule has 0 saturated carbocycles. The average molecular weight is 277 g/mol. The Labute approximate surface area is 119 Å². The number of aryl methyl sites for hydroxylation is 1. The number of anilines is 1. The number of carbonyl (C=O) groups excluding carboxylic acids is 1. The monoisotopic (exact) mass is 276 g/mol. The number of hydrogen-bond donors (Lipinski definition) is 2. The molecule has 0 fully saturated rings. The summed E-state index contributed by atoms with van der Waals surface area (Å²) in [6.45, 7) is 2.45. The van der Waals surface area contributed by atoms with Crippen LogP contribution in [0.5, 0.6) is 0 Å². The van der Waals surface area contributed by atoms with E-state index in [0.29, 0.717) is 12.1 Å². The third-order valence-electron chi connectivity index (χ3n) is 2.85. The molecule has 0 aromatic heterocycles. The van der Waals surface area contributed by atoms with E-state index in [-0.39, 0.29) is 18.3 Å². The molecule has 0 unspecified atom stereocenters. The molecule has 0 spiro atoms. The van der Waals surface area contributed by atoms with Gasteiger partial charge in [-0.2, -0.15) is 0 Å². The number of benzene rings is 2. The largest absolute Gasteiger partial charge is 0.326 e. The SMILES string of the molecule is Cc1ccccc1NC(=O)c1ccc(CN)cc1.Cl. The zero-order valence-electron chi connectivity index (χ0n) is 10.7. The first-order valence-corrected chi connectivity index (χ1v) is 5.86. The first-order valence-electron chi connectivity index (χ1n) is 5.86. The highest BCUT2D eigenvalue weighted by Crippen LogP contribution is 2.14. The molecule has 3 nitrogen and oxygen atoms in total. The van der Waals surface area contributed by atoms with Crippen LogP contribution in [0, 0.1) is 6.92 Å². The fraction of sp³-hybridized carbons (Fsp3) is 0.133. The second-order valence-electron chi connectivity index (χ2n) is 4.17. The van der Waals surface area contributed by atoms with E-state index < -0.39 is 0 Å². The van der Waals surface area contributed by atoms with Gasteiger partial charge >= 0.3 is 0 Å². The molecule has 0 heterocycles. The number of halogens is 1. The number of hydrogen-bond acceptors (Lipinski definition) is 2. The second kappa shape index (κ2) is 6.92. The lowest BCUT2D eigenvalue weighted by molar-refractivity contribution is 0.102. The van der Waals surface area contributed by atoms with Crippen LogP contribution in [-0.4, -0.2) is 5.91 Å². The van der Waals surface area contributed by atoms with Gasteiger partial charge < -0.3 is 11.1 Å². The summed E-state index contributed by atoms with van der Waals surface area (Å²) in [6, 6.07) is 15.0. The van der Waals surface area contributed by atoms with E-state index in [1.807, 2.05) is 43.3 Å². The Kier molecular flexibility index (Phi) is 5.55. The Morgan fingerprint density at radius 2 is 1.74 bits per heavy atom. The van der Waals surface area contributed by atoms with Gasteiger partial charge in [0, 0.05) is 17.8 Å². The minimum atomic E-state index is -0.104. The first kappa shape index (κ1) is 15.2. The minimum Gasteiger partial charge on any atom is -0.326 e. The molecule has 2 rings (SSSR count). The van der Waals surface area contributed by atoms with Crippen LogP contribution in [0.3, 0.4) is 0 Å². The van der Waals surface area contributed by atoms with Crippen LogP contribution in [0.25, 0.3) is 0 Å². The highest BCUT2D eigenvalue weighted by Gasteiger charge is 2.06. The molecule has 0 aliphatic heterocycles. The molecule has 2 aromatic rings. The molecule has 2 aromatic carbocycles. The van der Waals surface area contributed by atoms with Crippen LogP contribution in [0.15, 0.2) is 48.5 Å². The van der Waals surface area contributed by atoms with Crippen molar-refractivity contribution in [1.82, 2.24) is 0 Å². The van der Waals surface area contributed by atoms with E-state index in [1.165, 1.54) is 0 Å². The number of nitrogens with one attached hydrogen (secondary N) is 1. The number of amides is 1. The van der Waals surface area contributed by atoms with Crippen LogP contribution < -0.4 is 11.1 Å². The summed E-state index contributed by atoms with van der Waals surface area (Å²) >= 11 is 0. The number of nitrogens with two attached hydrogens (primary N) is 1.